The predicted molar refractivity (Wildman–Crippen MR) is 59.5 cm³/mol. The third-order valence-corrected chi connectivity index (χ3v) is 2.38. The van der Waals surface area contributed by atoms with E-state index in [1.54, 1.807) is 36.0 Å². The van der Waals surface area contributed by atoms with Gasteiger partial charge in [0.05, 0.1) is 5.69 Å². The van der Waals surface area contributed by atoms with Crippen LogP contribution in [0.2, 0.25) is 0 Å². The van der Waals surface area contributed by atoms with Gasteiger partial charge in [-0.15, -0.1) is 0 Å². The molecule has 0 unspecified atom stereocenters. The number of benzene rings is 1. The van der Waals surface area contributed by atoms with Crippen LogP contribution in [0.5, 0.6) is 5.75 Å². The molecule has 2 rings (SSSR count). The molecule has 1 heterocycles. The molecule has 0 aliphatic carbocycles. The Hall–Kier alpha value is -2.10. The van der Waals surface area contributed by atoms with E-state index in [-0.39, 0.29) is 5.75 Å². The SMILES string of the molecule is Cn1nc(Cc2cccc(O)c2)cc1C=O. The maximum atomic E-state index is 10.6. The molecule has 1 aromatic carbocycles. The summed E-state index contributed by atoms with van der Waals surface area (Å²) in [5.41, 5.74) is 2.33. The van der Waals surface area contributed by atoms with Crippen molar-refractivity contribution < 1.29 is 9.90 Å². The molecule has 1 N–H and O–H groups in total. The molecule has 0 spiro atoms. The lowest BCUT2D eigenvalue weighted by atomic mass is 10.1. The van der Waals surface area contributed by atoms with Crippen molar-refractivity contribution in [3.8, 4) is 5.75 Å². The Morgan fingerprint density at radius 1 is 1.44 bits per heavy atom. The Labute approximate surface area is 93.1 Å². The molecule has 0 aliphatic rings. The Kier molecular flexibility index (Phi) is 2.72. The summed E-state index contributed by atoms with van der Waals surface area (Å²) in [5.74, 6) is 0.240. The van der Waals surface area contributed by atoms with E-state index in [1.807, 2.05) is 6.07 Å². The van der Waals surface area contributed by atoms with Gasteiger partial charge in [0.15, 0.2) is 6.29 Å². The third kappa shape index (κ3) is 2.11. The van der Waals surface area contributed by atoms with Crippen LogP contribution in [-0.4, -0.2) is 21.2 Å². The Morgan fingerprint density at radius 2 is 2.25 bits per heavy atom. The van der Waals surface area contributed by atoms with Gasteiger partial charge in [-0.25, -0.2) is 0 Å². The fourth-order valence-corrected chi connectivity index (χ4v) is 1.62. The van der Waals surface area contributed by atoms with Gasteiger partial charge in [0, 0.05) is 13.5 Å². The van der Waals surface area contributed by atoms with E-state index in [0.29, 0.717) is 12.1 Å². The molecule has 82 valence electrons. The summed E-state index contributed by atoms with van der Waals surface area (Å²) in [4.78, 5) is 10.6. The number of rotatable bonds is 3. The summed E-state index contributed by atoms with van der Waals surface area (Å²) in [6.45, 7) is 0. The molecule has 16 heavy (non-hydrogen) atoms. The largest absolute Gasteiger partial charge is 0.508 e. The second-order valence-corrected chi connectivity index (χ2v) is 3.65. The molecule has 4 heteroatoms. The predicted octanol–water partition coefficient (Wildman–Crippen LogP) is 1.53. The van der Waals surface area contributed by atoms with Gasteiger partial charge in [0.2, 0.25) is 0 Å². The summed E-state index contributed by atoms with van der Waals surface area (Å²) in [5, 5.41) is 13.5. The fraction of sp³-hybridized carbons (Fsp3) is 0.167. The minimum absolute atomic E-state index is 0.240. The van der Waals surface area contributed by atoms with Crippen molar-refractivity contribution in [2.75, 3.05) is 0 Å². The number of aryl methyl sites for hydroxylation is 1. The van der Waals surface area contributed by atoms with Crippen molar-refractivity contribution in [1.29, 1.82) is 0 Å². The van der Waals surface area contributed by atoms with Crippen LogP contribution in [0.4, 0.5) is 0 Å². The summed E-state index contributed by atoms with van der Waals surface area (Å²) in [6, 6.07) is 8.76. The molecule has 0 saturated carbocycles. The number of hydrogen-bond donors (Lipinski definition) is 1. The zero-order valence-electron chi connectivity index (χ0n) is 8.92. The molecule has 0 radical (unpaired) electrons. The zero-order chi connectivity index (χ0) is 11.5. The van der Waals surface area contributed by atoms with Crippen LogP contribution in [-0.2, 0) is 13.5 Å². The number of nitrogens with zero attached hydrogens (tertiary/aromatic N) is 2. The monoisotopic (exact) mass is 216 g/mol. The topological polar surface area (TPSA) is 55.1 Å². The Bertz CT molecular complexity index is 517. The highest BCUT2D eigenvalue weighted by molar-refractivity contribution is 5.72. The minimum Gasteiger partial charge on any atom is -0.508 e. The van der Waals surface area contributed by atoms with E-state index < -0.39 is 0 Å². The highest BCUT2D eigenvalue weighted by Gasteiger charge is 2.05. The molecular weight excluding hydrogens is 204 g/mol. The number of aromatic hydroxyl groups is 1. The van der Waals surface area contributed by atoms with Gasteiger partial charge >= 0.3 is 0 Å². The first kappa shape index (κ1) is 10.4. The van der Waals surface area contributed by atoms with Crippen LogP contribution < -0.4 is 0 Å². The smallest absolute Gasteiger partial charge is 0.168 e. The van der Waals surface area contributed by atoms with E-state index in [1.165, 1.54) is 0 Å². The maximum Gasteiger partial charge on any atom is 0.168 e. The third-order valence-electron chi connectivity index (χ3n) is 2.38. The van der Waals surface area contributed by atoms with Gasteiger partial charge in [0.1, 0.15) is 11.4 Å². The first-order valence-corrected chi connectivity index (χ1v) is 4.95. The number of phenolic OH excluding ortho intramolecular Hbond substituents is 1. The number of carbonyl (C=O) groups excluding carboxylic acids is 1. The van der Waals surface area contributed by atoms with Crippen LogP contribution in [0, 0.1) is 0 Å². The van der Waals surface area contributed by atoms with Gasteiger partial charge in [-0.05, 0) is 23.8 Å². The Balaban J connectivity index is 2.23. The molecular formula is C12H12N2O2. The van der Waals surface area contributed by atoms with Crippen molar-refractivity contribution in [2.45, 2.75) is 6.42 Å². The summed E-state index contributed by atoms with van der Waals surface area (Å²) >= 11 is 0. The van der Waals surface area contributed by atoms with E-state index in [4.69, 9.17) is 0 Å². The first-order valence-electron chi connectivity index (χ1n) is 4.95. The van der Waals surface area contributed by atoms with Gasteiger partial charge < -0.3 is 5.11 Å². The lowest BCUT2D eigenvalue weighted by Gasteiger charge is -1.98. The standard InChI is InChI=1S/C12H12N2O2/c1-14-11(8-15)7-10(13-14)5-9-3-2-4-12(16)6-9/h2-4,6-8,16H,5H2,1H3. The van der Waals surface area contributed by atoms with Crippen LogP contribution in [0.15, 0.2) is 30.3 Å². The zero-order valence-corrected chi connectivity index (χ0v) is 8.92. The quantitative estimate of drug-likeness (QED) is 0.791. The normalized spacial score (nSPS) is 10.3. The molecule has 0 amide bonds. The summed E-state index contributed by atoms with van der Waals surface area (Å²) < 4.78 is 1.55. The van der Waals surface area contributed by atoms with E-state index in [2.05, 4.69) is 5.10 Å². The number of aldehydes is 1. The van der Waals surface area contributed by atoms with E-state index in [0.717, 1.165) is 17.5 Å². The second-order valence-electron chi connectivity index (χ2n) is 3.65. The minimum atomic E-state index is 0.240. The number of phenols is 1. The number of hydrogen-bond acceptors (Lipinski definition) is 3. The van der Waals surface area contributed by atoms with Crippen LogP contribution in [0.3, 0.4) is 0 Å². The van der Waals surface area contributed by atoms with Crippen LogP contribution in [0.1, 0.15) is 21.7 Å². The van der Waals surface area contributed by atoms with E-state index >= 15 is 0 Å². The van der Waals surface area contributed by atoms with Gasteiger partial charge in [-0.2, -0.15) is 5.10 Å². The van der Waals surface area contributed by atoms with Gasteiger partial charge in [0.25, 0.3) is 0 Å². The highest BCUT2D eigenvalue weighted by Crippen LogP contribution is 2.14. The van der Waals surface area contributed by atoms with Crippen molar-refractivity contribution in [1.82, 2.24) is 9.78 Å². The maximum absolute atomic E-state index is 10.6. The lowest BCUT2D eigenvalue weighted by Crippen LogP contribution is -1.96. The molecule has 1 aromatic heterocycles. The molecule has 4 nitrogen and oxygen atoms in total. The van der Waals surface area contributed by atoms with Crippen molar-refractivity contribution >= 4 is 6.29 Å². The molecule has 2 aromatic rings. The lowest BCUT2D eigenvalue weighted by molar-refractivity contribution is 0.111. The number of carbonyl (C=O) groups is 1. The molecule has 0 aliphatic heterocycles. The van der Waals surface area contributed by atoms with E-state index in [9.17, 15) is 9.90 Å². The van der Waals surface area contributed by atoms with Crippen LogP contribution in [0.25, 0.3) is 0 Å². The molecule has 0 saturated heterocycles. The fourth-order valence-electron chi connectivity index (χ4n) is 1.62. The van der Waals surface area contributed by atoms with Crippen LogP contribution >= 0.6 is 0 Å². The molecule has 0 atom stereocenters. The van der Waals surface area contributed by atoms with Crippen molar-refractivity contribution in [3.63, 3.8) is 0 Å². The average Bonchev–Trinajstić information content (AvgIpc) is 2.58. The first-order chi connectivity index (χ1) is 7.69. The highest BCUT2D eigenvalue weighted by atomic mass is 16.3. The van der Waals surface area contributed by atoms with Crippen molar-refractivity contribution in [3.05, 3.63) is 47.3 Å². The molecule has 0 fully saturated rings. The summed E-state index contributed by atoms with van der Waals surface area (Å²) in [6.07, 6.45) is 1.38. The Morgan fingerprint density at radius 3 is 2.88 bits per heavy atom. The number of aromatic nitrogens is 2. The van der Waals surface area contributed by atoms with Crippen molar-refractivity contribution in [2.24, 2.45) is 7.05 Å². The summed E-state index contributed by atoms with van der Waals surface area (Å²) in [7, 11) is 1.73. The molecule has 0 bridgehead atoms. The van der Waals surface area contributed by atoms with Gasteiger partial charge in [-0.3, -0.25) is 9.48 Å². The van der Waals surface area contributed by atoms with Gasteiger partial charge in [-0.1, -0.05) is 12.1 Å². The second kappa shape index (κ2) is 4.18. The average molecular weight is 216 g/mol.